The van der Waals surface area contributed by atoms with Crippen LogP contribution < -0.4 is 0 Å². The number of hydrogen-bond acceptors (Lipinski definition) is 0. The zero-order chi connectivity index (χ0) is 9.84. The average Bonchev–Trinajstić information content (AvgIpc) is 2.09. The van der Waals surface area contributed by atoms with E-state index in [9.17, 15) is 0 Å². The van der Waals surface area contributed by atoms with E-state index in [1.165, 1.54) is 22.3 Å². The number of halogens is 1. The lowest BCUT2D eigenvalue weighted by molar-refractivity contribution is 1.29. The van der Waals surface area contributed by atoms with E-state index in [4.69, 9.17) is 0 Å². The molecule has 1 heteroatoms. The van der Waals surface area contributed by atoms with Crippen LogP contribution in [0.5, 0.6) is 0 Å². The van der Waals surface area contributed by atoms with Crippen LogP contribution in [0.4, 0.5) is 0 Å². The third-order valence-electron chi connectivity index (χ3n) is 2.27. The lowest BCUT2D eigenvalue weighted by Gasteiger charge is -2.05. The lowest BCUT2D eigenvalue weighted by atomic mass is 10.0. The first-order valence-corrected chi connectivity index (χ1v) is 5.57. The maximum absolute atomic E-state index is 3.38. The van der Waals surface area contributed by atoms with E-state index in [0.29, 0.717) is 0 Å². The van der Waals surface area contributed by atoms with Crippen LogP contribution in [0.2, 0.25) is 0 Å². The van der Waals surface area contributed by atoms with Crippen molar-refractivity contribution >= 4 is 22.0 Å². The molecule has 0 spiro atoms. The van der Waals surface area contributed by atoms with Crippen molar-refractivity contribution in [2.75, 3.05) is 5.33 Å². The van der Waals surface area contributed by atoms with Gasteiger partial charge < -0.3 is 0 Å². The Morgan fingerprint density at radius 3 is 2.31 bits per heavy atom. The van der Waals surface area contributed by atoms with E-state index < -0.39 is 0 Å². The van der Waals surface area contributed by atoms with Gasteiger partial charge in [0.15, 0.2) is 0 Å². The SMILES string of the molecule is Cc1cc(C)c(C=CCBr)cc1C. The van der Waals surface area contributed by atoms with Crippen molar-refractivity contribution in [1.82, 2.24) is 0 Å². The van der Waals surface area contributed by atoms with Crippen molar-refractivity contribution in [3.8, 4) is 0 Å². The van der Waals surface area contributed by atoms with Crippen molar-refractivity contribution in [3.05, 3.63) is 40.5 Å². The van der Waals surface area contributed by atoms with Gasteiger partial charge in [0.25, 0.3) is 0 Å². The van der Waals surface area contributed by atoms with Gasteiger partial charge in [0, 0.05) is 5.33 Å². The Labute approximate surface area is 88.8 Å². The van der Waals surface area contributed by atoms with E-state index in [2.05, 4.69) is 61.0 Å². The van der Waals surface area contributed by atoms with Gasteiger partial charge in [-0.25, -0.2) is 0 Å². The highest BCUT2D eigenvalue weighted by atomic mass is 79.9. The highest BCUT2D eigenvalue weighted by Gasteiger charge is 1.97. The maximum Gasteiger partial charge on any atom is 0.0215 e. The maximum atomic E-state index is 3.38. The molecule has 0 N–H and O–H groups in total. The summed E-state index contributed by atoms with van der Waals surface area (Å²) in [6.07, 6.45) is 4.29. The summed E-state index contributed by atoms with van der Waals surface area (Å²) in [7, 11) is 0. The van der Waals surface area contributed by atoms with Gasteiger partial charge in [-0.05, 0) is 43.0 Å². The van der Waals surface area contributed by atoms with Crippen molar-refractivity contribution in [1.29, 1.82) is 0 Å². The Morgan fingerprint density at radius 2 is 1.69 bits per heavy atom. The Bertz CT molecular complexity index is 324. The Kier molecular flexibility index (Phi) is 3.73. The summed E-state index contributed by atoms with van der Waals surface area (Å²) in [5.41, 5.74) is 5.40. The molecule has 13 heavy (non-hydrogen) atoms. The van der Waals surface area contributed by atoms with E-state index >= 15 is 0 Å². The largest absolute Gasteiger partial charge is 0.0883 e. The third-order valence-corrected chi connectivity index (χ3v) is 2.64. The molecule has 0 unspecified atom stereocenters. The topological polar surface area (TPSA) is 0 Å². The van der Waals surface area contributed by atoms with Gasteiger partial charge in [0.2, 0.25) is 0 Å². The molecule has 1 rings (SSSR count). The van der Waals surface area contributed by atoms with E-state index in [1.54, 1.807) is 0 Å². The smallest absolute Gasteiger partial charge is 0.0215 e. The summed E-state index contributed by atoms with van der Waals surface area (Å²) in [5.74, 6) is 0. The summed E-state index contributed by atoms with van der Waals surface area (Å²) in [6.45, 7) is 6.46. The van der Waals surface area contributed by atoms with Gasteiger partial charge in [0.1, 0.15) is 0 Å². The second-order valence-corrected chi connectivity index (χ2v) is 4.00. The molecule has 0 amide bonds. The molecule has 0 aliphatic rings. The van der Waals surface area contributed by atoms with Gasteiger partial charge in [0.05, 0.1) is 0 Å². The van der Waals surface area contributed by atoms with E-state index in [0.717, 1.165) is 5.33 Å². The van der Waals surface area contributed by atoms with Crippen LogP contribution in [-0.4, -0.2) is 5.33 Å². The highest BCUT2D eigenvalue weighted by molar-refractivity contribution is 9.09. The minimum absolute atomic E-state index is 0.916. The number of rotatable bonds is 2. The molecule has 0 aromatic heterocycles. The highest BCUT2D eigenvalue weighted by Crippen LogP contribution is 2.16. The van der Waals surface area contributed by atoms with Crippen LogP contribution in [0.3, 0.4) is 0 Å². The van der Waals surface area contributed by atoms with Gasteiger partial charge in [-0.2, -0.15) is 0 Å². The fourth-order valence-corrected chi connectivity index (χ4v) is 1.52. The minimum atomic E-state index is 0.916. The molecule has 0 aliphatic carbocycles. The number of allylic oxidation sites excluding steroid dienone is 1. The summed E-state index contributed by atoms with van der Waals surface area (Å²) in [5, 5.41) is 0.916. The van der Waals surface area contributed by atoms with Crippen molar-refractivity contribution in [3.63, 3.8) is 0 Å². The van der Waals surface area contributed by atoms with Gasteiger partial charge in [-0.3, -0.25) is 0 Å². The summed E-state index contributed by atoms with van der Waals surface area (Å²) < 4.78 is 0. The molecule has 0 saturated heterocycles. The summed E-state index contributed by atoms with van der Waals surface area (Å²) in [4.78, 5) is 0. The molecule has 1 aromatic carbocycles. The molecule has 0 radical (unpaired) electrons. The molecule has 0 nitrogen and oxygen atoms in total. The Morgan fingerprint density at radius 1 is 1.08 bits per heavy atom. The molecular weight excluding hydrogens is 224 g/mol. The summed E-state index contributed by atoms with van der Waals surface area (Å²) in [6, 6.07) is 4.48. The first kappa shape index (κ1) is 10.5. The van der Waals surface area contributed by atoms with Gasteiger partial charge in [-0.15, -0.1) is 0 Å². The van der Waals surface area contributed by atoms with Crippen molar-refractivity contribution < 1.29 is 0 Å². The second kappa shape index (κ2) is 4.61. The molecule has 0 bridgehead atoms. The fourth-order valence-electron chi connectivity index (χ4n) is 1.33. The number of benzene rings is 1. The third kappa shape index (κ3) is 2.70. The van der Waals surface area contributed by atoms with Crippen LogP contribution in [0, 0.1) is 20.8 Å². The Hall–Kier alpha value is -0.560. The average molecular weight is 239 g/mol. The first-order chi connectivity index (χ1) is 6.15. The minimum Gasteiger partial charge on any atom is -0.0883 e. The number of aryl methyl sites for hydroxylation is 3. The molecule has 0 atom stereocenters. The van der Waals surface area contributed by atoms with Crippen LogP contribution in [0.1, 0.15) is 22.3 Å². The summed E-state index contributed by atoms with van der Waals surface area (Å²) >= 11 is 3.38. The standard InChI is InChI=1S/C12H15Br/c1-9-7-11(3)12(5-4-6-13)8-10(9)2/h4-5,7-8H,6H2,1-3H3. The molecule has 0 fully saturated rings. The van der Waals surface area contributed by atoms with E-state index in [1.807, 2.05) is 0 Å². The van der Waals surface area contributed by atoms with Crippen LogP contribution in [0.25, 0.3) is 6.08 Å². The van der Waals surface area contributed by atoms with Gasteiger partial charge in [-0.1, -0.05) is 40.2 Å². The van der Waals surface area contributed by atoms with Crippen LogP contribution in [-0.2, 0) is 0 Å². The normalized spacial score (nSPS) is 11.1. The predicted molar refractivity (Wildman–Crippen MR) is 63.5 cm³/mol. The predicted octanol–water partition coefficient (Wildman–Crippen LogP) is 4.02. The molecule has 0 heterocycles. The molecule has 70 valence electrons. The number of alkyl halides is 1. The molecular formula is C12H15Br. The van der Waals surface area contributed by atoms with Gasteiger partial charge >= 0.3 is 0 Å². The fraction of sp³-hybridized carbons (Fsp3) is 0.333. The molecule has 0 aliphatic heterocycles. The Balaban J connectivity index is 3.08. The second-order valence-electron chi connectivity index (χ2n) is 3.35. The van der Waals surface area contributed by atoms with Crippen LogP contribution in [0.15, 0.2) is 18.2 Å². The van der Waals surface area contributed by atoms with Crippen molar-refractivity contribution in [2.45, 2.75) is 20.8 Å². The number of hydrogen-bond donors (Lipinski definition) is 0. The first-order valence-electron chi connectivity index (χ1n) is 4.45. The van der Waals surface area contributed by atoms with Crippen LogP contribution >= 0.6 is 15.9 Å². The molecule has 1 aromatic rings. The van der Waals surface area contributed by atoms with E-state index in [-0.39, 0.29) is 0 Å². The van der Waals surface area contributed by atoms with Crippen molar-refractivity contribution in [2.24, 2.45) is 0 Å². The quantitative estimate of drug-likeness (QED) is 0.684. The zero-order valence-corrected chi connectivity index (χ0v) is 9.98. The lowest BCUT2D eigenvalue weighted by Crippen LogP contribution is -1.87. The zero-order valence-electron chi connectivity index (χ0n) is 8.39. The molecule has 0 saturated carbocycles. The monoisotopic (exact) mass is 238 g/mol.